The molecule has 144 valence electrons. The number of nitrogens with zero attached hydrogens (tertiary/aromatic N) is 1. The zero-order valence-electron chi connectivity index (χ0n) is 15.0. The summed E-state index contributed by atoms with van der Waals surface area (Å²) in [5.74, 6) is -0.0600. The second-order valence-electron chi connectivity index (χ2n) is 5.84. The Morgan fingerprint density at radius 3 is 2.36 bits per heavy atom. The van der Waals surface area contributed by atoms with Crippen molar-refractivity contribution in [3.8, 4) is 0 Å². The molecule has 4 nitrogen and oxygen atoms in total. The van der Waals surface area contributed by atoms with E-state index in [2.05, 4.69) is 22.5 Å². The van der Waals surface area contributed by atoms with Crippen LogP contribution in [0.5, 0.6) is 0 Å². The molecule has 0 heterocycles. The Labute approximate surface area is 166 Å². The smallest absolute Gasteiger partial charge is 0.191 e. The lowest BCUT2D eigenvalue weighted by Gasteiger charge is -2.15. The van der Waals surface area contributed by atoms with E-state index in [4.69, 9.17) is 5.11 Å². The number of hydrogen-bond donors (Lipinski definition) is 3. The van der Waals surface area contributed by atoms with Crippen LogP contribution >= 0.6 is 24.0 Å². The molecule has 1 rings (SSSR count). The fraction of sp³-hybridized carbons (Fsp3) is 0.611. The summed E-state index contributed by atoms with van der Waals surface area (Å²) in [5.41, 5.74) is 0.611. The Kier molecular flexibility index (Phi) is 13.7. The molecule has 1 unspecified atom stereocenters. The highest BCUT2D eigenvalue weighted by molar-refractivity contribution is 14.0. The van der Waals surface area contributed by atoms with Crippen molar-refractivity contribution in [2.45, 2.75) is 39.5 Å². The first-order valence-corrected chi connectivity index (χ1v) is 8.67. The molecule has 0 aromatic heterocycles. The first kappa shape index (κ1) is 24.0. The maximum absolute atomic E-state index is 13.2. The van der Waals surface area contributed by atoms with Crippen LogP contribution in [0.4, 0.5) is 8.78 Å². The van der Waals surface area contributed by atoms with Crippen LogP contribution in [0.3, 0.4) is 0 Å². The summed E-state index contributed by atoms with van der Waals surface area (Å²) >= 11 is 0. The molecule has 0 aliphatic heterocycles. The average Bonchev–Trinajstić information content (AvgIpc) is 2.52. The van der Waals surface area contributed by atoms with E-state index < -0.39 is 11.6 Å². The van der Waals surface area contributed by atoms with Crippen molar-refractivity contribution in [3.05, 3.63) is 35.4 Å². The molecule has 0 amide bonds. The van der Waals surface area contributed by atoms with E-state index in [1.807, 2.05) is 6.92 Å². The predicted molar refractivity (Wildman–Crippen MR) is 110 cm³/mol. The molecular weight excluding hydrogens is 439 g/mol. The number of aliphatic hydroxyl groups is 1. The van der Waals surface area contributed by atoms with E-state index in [9.17, 15) is 8.78 Å². The molecule has 0 saturated heterocycles. The SMILES string of the molecule is CCCC(CCO)CN=C(NCC)NCCc1cc(F)cc(F)c1.I. The Morgan fingerprint density at radius 2 is 1.80 bits per heavy atom. The lowest BCUT2D eigenvalue weighted by Crippen LogP contribution is -2.38. The van der Waals surface area contributed by atoms with Crippen LogP contribution in [0, 0.1) is 17.6 Å². The van der Waals surface area contributed by atoms with E-state index in [0.29, 0.717) is 37.0 Å². The summed E-state index contributed by atoms with van der Waals surface area (Å²) in [4.78, 5) is 4.55. The lowest BCUT2D eigenvalue weighted by atomic mass is 10.0. The zero-order chi connectivity index (χ0) is 17.8. The number of rotatable bonds is 10. The van der Waals surface area contributed by atoms with Gasteiger partial charge in [0.2, 0.25) is 0 Å². The minimum absolute atomic E-state index is 0. The van der Waals surface area contributed by atoms with E-state index in [1.54, 1.807) is 0 Å². The maximum atomic E-state index is 13.2. The van der Waals surface area contributed by atoms with Crippen LogP contribution in [-0.2, 0) is 6.42 Å². The lowest BCUT2D eigenvalue weighted by molar-refractivity contribution is 0.253. The summed E-state index contributed by atoms with van der Waals surface area (Å²) in [7, 11) is 0. The number of hydrogen-bond acceptors (Lipinski definition) is 2. The molecule has 0 aliphatic carbocycles. The molecule has 0 aliphatic rings. The van der Waals surface area contributed by atoms with Crippen molar-refractivity contribution >= 4 is 29.9 Å². The van der Waals surface area contributed by atoms with Crippen LogP contribution < -0.4 is 10.6 Å². The quantitative estimate of drug-likeness (QED) is 0.280. The number of halogens is 3. The molecule has 1 aromatic carbocycles. The highest BCUT2D eigenvalue weighted by Crippen LogP contribution is 2.11. The molecule has 0 saturated carbocycles. The van der Waals surface area contributed by atoms with Crippen molar-refractivity contribution in [3.63, 3.8) is 0 Å². The van der Waals surface area contributed by atoms with Gasteiger partial charge in [-0.3, -0.25) is 4.99 Å². The van der Waals surface area contributed by atoms with Gasteiger partial charge in [-0.25, -0.2) is 8.78 Å². The number of aliphatic imine (C=N–C) groups is 1. The van der Waals surface area contributed by atoms with E-state index in [-0.39, 0.29) is 30.6 Å². The van der Waals surface area contributed by atoms with Gasteiger partial charge in [-0.15, -0.1) is 24.0 Å². The third-order valence-corrected chi connectivity index (χ3v) is 3.71. The minimum Gasteiger partial charge on any atom is -0.396 e. The standard InChI is InChI=1S/C18H29F2N3O.HI/c1-3-5-14(7-9-24)13-23-18(21-4-2)22-8-6-15-10-16(19)12-17(20)11-15;/h10-12,14,24H,3-9,13H2,1-2H3,(H2,21,22,23);1H. The molecular formula is C18H30F2IN3O. The molecule has 7 heteroatoms. The Balaban J connectivity index is 0.00000576. The van der Waals surface area contributed by atoms with Crippen LogP contribution in [-0.4, -0.2) is 37.3 Å². The minimum atomic E-state index is -0.558. The monoisotopic (exact) mass is 469 g/mol. The Hall–Kier alpha value is -0.960. The highest BCUT2D eigenvalue weighted by Gasteiger charge is 2.07. The third kappa shape index (κ3) is 10.6. The van der Waals surface area contributed by atoms with Crippen molar-refractivity contribution in [2.75, 3.05) is 26.2 Å². The molecule has 3 N–H and O–H groups in total. The largest absolute Gasteiger partial charge is 0.396 e. The molecule has 1 aromatic rings. The first-order chi connectivity index (χ1) is 11.6. The second kappa shape index (κ2) is 14.2. The zero-order valence-corrected chi connectivity index (χ0v) is 17.4. The normalized spacial score (nSPS) is 12.4. The fourth-order valence-electron chi connectivity index (χ4n) is 2.56. The van der Waals surface area contributed by atoms with Gasteiger partial charge in [0, 0.05) is 32.3 Å². The summed E-state index contributed by atoms with van der Waals surface area (Å²) < 4.78 is 26.3. The number of nitrogens with one attached hydrogen (secondary N) is 2. The van der Waals surface area contributed by atoms with Crippen molar-refractivity contribution in [1.82, 2.24) is 10.6 Å². The molecule has 25 heavy (non-hydrogen) atoms. The van der Waals surface area contributed by atoms with Crippen LogP contribution in [0.2, 0.25) is 0 Å². The highest BCUT2D eigenvalue weighted by atomic mass is 127. The third-order valence-electron chi connectivity index (χ3n) is 3.71. The van der Waals surface area contributed by atoms with Gasteiger partial charge in [-0.05, 0) is 49.8 Å². The second-order valence-corrected chi connectivity index (χ2v) is 5.84. The molecule has 0 bridgehead atoms. The van der Waals surface area contributed by atoms with Crippen LogP contribution in [0.1, 0.15) is 38.7 Å². The predicted octanol–water partition coefficient (Wildman–Crippen LogP) is 3.48. The summed E-state index contributed by atoms with van der Waals surface area (Å²) in [6.45, 7) is 6.20. The maximum Gasteiger partial charge on any atom is 0.191 e. The van der Waals surface area contributed by atoms with Crippen LogP contribution in [0.25, 0.3) is 0 Å². The van der Waals surface area contributed by atoms with Gasteiger partial charge in [0.05, 0.1) is 0 Å². The van der Waals surface area contributed by atoms with E-state index >= 15 is 0 Å². The topological polar surface area (TPSA) is 56.7 Å². The number of benzene rings is 1. The van der Waals surface area contributed by atoms with Crippen LogP contribution in [0.15, 0.2) is 23.2 Å². The van der Waals surface area contributed by atoms with Gasteiger partial charge in [-0.1, -0.05) is 13.3 Å². The molecule has 0 fully saturated rings. The van der Waals surface area contributed by atoms with Gasteiger partial charge in [-0.2, -0.15) is 0 Å². The van der Waals surface area contributed by atoms with Gasteiger partial charge >= 0.3 is 0 Å². The van der Waals surface area contributed by atoms with Crippen molar-refractivity contribution in [2.24, 2.45) is 10.9 Å². The van der Waals surface area contributed by atoms with Gasteiger partial charge in [0.15, 0.2) is 5.96 Å². The summed E-state index contributed by atoms with van der Waals surface area (Å²) in [5, 5.41) is 15.4. The Morgan fingerprint density at radius 1 is 1.12 bits per heavy atom. The molecule has 0 spiro atoms. The molecule has 1 atom stereocenters. The average molecular weight is 469 g/mol. The first-order valence-electron chi connectivity index (χ1n) is 8.67. The van der Waals surface area contributed by atoms with E-state index in [0.717, 1.165) is 31.9 Å². The Bertz CT molecular complexity index is 489. The number of aliphatic hydroxyl groups excluding tert-OH is 1. The summed E-state index contributed by atoms with van der Waals surface area (Å²) in [6, 6.07) is 3.55. The van der Waals surface area contributed by atoms with Crippen molar-refractivity contribution < 1.29 is 13.9 Å². The fourth-order valence-corrected chi connectivity index (χ4v) is 2.56. The summed E-state index contributed by atoms with van der Waals surface area (Å²) in [6.07, 6.45) is 3.36. The van der Waals surface area contributed by atoms with Gasteiger partial charge < -0.3 is 15.7 Å². The number of guanidine groups is 1. The van der Waals surface area contributed by atoms with Gasteiger partial charge in [0.1, 0.15) is 11.6 Å². The van der Waals surface area contributed by atoms with E-state index in [1.165, 1.54) is 12.1 Å². The van der Waals surface area contributed by atoms with Gasteiger partial charge in [0.25, 0.3) is 0 Å². The van der Waals surface area contributed by atoms with Crippen molar-refractivity contribution in [1.29, 1.82) is 0 Å². The molecule has 0 radical (unpaired) electrons.